The normalized spacial score (nSPS) is 19.6. The Labute approximate surface area is 172 Å². The standard InChI is InChI=1S/C20H22FIN2O3/c1-13-10-24(11-14(2)27-13)19-8-5-16(9-18(19)21)23-20(25)12-26-17-6-3-15(22)4-7-17/h3-9,13-14H,10-12H2,1-2H3,(H,23,25). The van der Waals surface area contributed by atoms with Crippen molar-refractivity contribution in [1.29, 1.82) is 0 Å². The molecule has 1 fully saturated rings. The Morgan fingerprint density at radius 3 is 2.52 bits per heavy atom. The molecule has 0 saturated carbocycles. The number of ether oxygens (including phenoxy) is 2. The van der Waals surface area contributed by atoms with E-state index in [1.807, 2.05) is 30.9 Å². The van der Waals surface area contributed by atoms with Crippen LogP contribution in [0.15, 0.2) is 42.5 Å². The first-order chi connectivity index (χ1) is 12.9. The second kappa shape index (κ2) is 8.88. The van der Waals surface area contributed by atoms with Crippen molar-refractivity contribution < 1.29 is 18.7 Å². The summed E-state index contributed by atoms with van der Waals surface area (Å²) in [5, 5.41) is 2.66. The van der Waals surface area contributed by atoms with Crippen LogP contribution in [0, 0.1) is 9.39 Å². The highest BCUT2D eigenvalue weighted by Gasteiger charge is 2.24. The molecule has 3 rings (SSSR count). The molecule has 0 aliphatic carbocycles. The number of nitrogens with one attached hydrogen (secondary N) is 1. The smallest absolute Gasteiger partial charge is 0.262 e. The number of anilines is 2. The van der Waals surface area contributed by atoms with Crippen LogP contribution >= 0.6 is 22.6 Å². The van der Waals surface area contributed by atoms with Crippen LogP contribution in [0.4, 0.5) is 15.8 Å². The molecule has 1 heterocycles. The zero-order chi connectivity index (χ0) is 19.4. The quantitative estimate of drug-likeness (QED) is 0.651. The number of rotatable bonds is 5. The van der Waals surface area contributed by atoms with E-state index in [1.54, 1.807) is 24.3 Å². The van der Waals surface area contributed by atoms with Crippen LogP contribution in [-0.4, -0.2) is 37.8 Å². The van der Waals surface area contributed by atoms with Gasteiger partial charge in [0, 0.05) is 22.3 Å². The van der Waals surface area contributed by atoms with Crippen LogP contribution in [0.25, 0.3) is 0 Å². The van der Waals surface area contributed by atoms with Gasteiger partial charge in [-0.1, -0.05) is 0 Å². The van der Waals surface area contributed by atoms with Crippen molar-refractivity contribution >= 4 is 39.9 Å². The van der Waals surface area contributed by atoms with Crippen molar-refractivity contribution in [2.45, 2.75) is 26.1 Å². The number of morpholine rings is 1. The maximum atomic E-state index is 14.6. The molecule has 7 heteroatoms. The Bertz CT molecular complexity index is 790. The van der Waals surface area contributed by atoms with E-state index in [1.165, 1.54) is 6.07 Å². The third-order valence-corrected chi connectivity index (χ3v) is 4.89. The summed E-state index contributed by atoms with van der Waals surface area (Å²) in [6, 6.07) is 12.1. The summed E-state index contributed by atoms with van der Waals surface area (Å²) in [5.74, 6) is -0.0929. The number of benzene rings is 2. The number of carbonyl (C=O) groups excluding carboxylic acids is 1. The number of amides is 1. The Morgan fingerprint density at radius 2 is 1.89 bits per heavy atom. The minimum atomic E-state index is -0.368. The molecular formula is C20H22FIN2O3. The highest BCUT2D eigenvalue weighted by Crippen LogP contribution is 2.26. The molecular weight excluding hydrogens is 462 g/mol. The maximum absolute atomic E-state index is 14.6. The largest absolute Gasteiger partial charge is 0.484 e. The number of nitrogens with zero attached hydrogens (tertiary/aromatic N) is 1. The summed E-state index contributed by atoms with van der Waals surface area (Å²) >= 11 is 2.20. The van der Waals surface area contributed by atoms with Crippen LogP contribution in [0.1, 0.15) is 13.8 Å². The lowest BCUT2D eigenvalue weighted by Crippen LogP contribution is -2.45. The molecule has 1 saturated heterocycles. The van der Waals surface area contributed by atoms with Crippen LogP contribution in [-0.2, 0) is 9.53 Å². The maximum Gasteiger partial charge on any atom is 0.262 e. The van der Waals surface area contributed by atoms with Gasteiger partial charge in [0.25, 0.3) is 5.91 Å². The van der Waals surface area contributed by atoms with Crippen LogP contribution < -0.4 is 15.0 Å². The van der Waals surface area contributed by atoms with Crippen LogP contribution in [0.2, 0.25) is 0 Å². The molecule has 0 spiro atoms. The second-order valence-corrected chi connectivity index (χ2v) is 7.86. The monoisotopic (exact) mass is 484 g/mol. The molecule has 1 amide bonds. The summed E-state index contributed by atoms with van der Waals surface area (Å²) in [5.41, 5.74) is 0.923. The molecule has 0 radical (unpaired) electrons. The molecule has 2 atom stereocenters. The fourth-order valence-electron chi connectivity index (χ4n) is 3.09. The SMILES string of the molecule is CC1CN(c2ccc(NC(=O)COc3ccc(I)cc3)cc2F)CC(C)O1. The minimum Gasteiger partial charge on any atom is -0.484 e. The van der Waals surface area contributed by atoms with E-state index < -0.39 is 0 Å². The lowest BCUT2D eigenvalue weighted by Gasteiger charge is -2.37. The van der Waals surface area contributed by atoms with E-state index in [4.69, 9.17) is 9.47 Å². The van der Waals surface area contributed by atoms with Crippen molar-refractivity contribution in [3.05, 3.63) is 51.9 Å². The van der Waals surface area contributed by atoms with Crippen LogP contribution in [0.5, 0.6) is 5.75 Å². The highest BCUT2D eigenvalue weighted by molar-refractivity contribution is 14.1. The second-order valence-electron chi connectivity index (χ2n) is 6.62. The van der Waals surface area contributed by atoms with Gasteiger partial charge in [-0.05, 0) is 78.9 Å². The van der Waals surface area contributed by atoms with Gasteiger partial charge in [-0.25, -0.2) is 4.39 Å². The van der Waals surface area contributed by atoms with Gasteiger partial charge in [0.15, 0.2) is 6.61 Å². The molecule has 2 unspecified atom stereocenters. The Morgan fingerprint density at radius 1 is 1.22 bits per heavy atom. The van der Waals surface area contributed by atoms with Crippen molar-refractivity contribution in [2.24, 2.45) is 0 Å². The minimum absolute atomic E-state index is 0.0472. The van der Waals surface area contributed by atoms with Gasteiger partial charge in [0.1, 0.15) is 11.6 Å². The molecule has 2 aromatic carbocycles. The van der Waals surface area contributed by atoms with Gasteiger partial charge in [0.2, 0.25) is 0 Å². The molecule has 1 aliphatic heterocycles. The first-order valence-corrected chi connectivity index (χ1v) is 9.87. The number of halogens is 2. The summed E-state index contributed by atoms with van der Waals surface area (Å²) in [6.45, 7) is 5.08. The lowest BCUT2D eigenvalue weighted by atomic mass is 10.2. The summed E-state index contributed by atoms with van der Waals surface area (Å²) in [6.07, 6.45) is 0.0943. The van der Waals surface area contributed by atoms with Gasteiger partial charge in [0.05, 0.1) is 17.9 Å². The average Bonchev–Trinajstić information content (AvgIpc) is 2.60. The number of carbonyl (C=O) groups is 1. The van der Waals surface area contributed by atoms with E-state index in [-0.39, 0.29) is 30.5 Å². The Balaban J connectivity index is 1.58. The van der Waals surface area contributed by atoms with Gasteiger partial charge < -0.3 is 19.7 Å². The molecule has 5 nitrogen and oxygen atoms in total. The fraction of sp³-hybridized carbons (Fsp3) is 0.350. The van der Waals surface area contributed by atoms with Gasteiger partial charge >= 0.3 is 0 Å². The fourth-order valence-corrected chi connectivity index (χ4v) is 3.45. The molecule has 1 N–H and O–H groups in total. The van der Waals surface area contributed by atoms with Crippen LogP contribution in [0.3, 0.4) is 0 Å². The molecule has 0 bridgehead atoms. The Hall–Kier alpha value is -1.87. The van der Waals surface area contributed by atoms with Gasteiger partial charge in [-0.2, -0.15) is 0 Å². The zero-order valence-electron chi connectivity index (χ0n) is 15.2. The first kappa shape index (κ1) is 19.9. The highest BCUT2D eigenvalue weighted by atomic mass is 127. The molecule has 27 heavy (non-hydrogen) atoms. The van der Waals surface area contributed by atoms with E-state index in [0.717, 1.165) is 3.57 Å². The molecule has 1 aliphatic rings. The topological polar surface area (TPSA) is 50.8 Å². The molecule has 0 aromatic heterocycles. The molecule has 2 aromatic rings. The van der Waals surface area contributed by atoms with Gasteiger partial charge in [-0.3, -0.25) is 4.79 Å². The average molecular weight is 484 g/mol. The first-order valence-electron chi connectivity index (χ1n) is 8.79. The number of hydrogen-bond acceptors (Lipinski definition) is 4. The summed E-state index contributed by atoms with van der Waals surface area (Å²) in [7, 11) is 0. The Kier molecular flexibility index (Phi) is 6.54. The third kappa shape index (κ3) is 5.55. The van der Waals surface area contributed by atoms with E-state index >= 15 is 0 Å². The van der Waals surface area contributed by atoms with Crippen molar-refractivity contribution in [3.8, 4) is 5.75 Å². The van der Waals surface area contributed by atoms with Crippen molar-refractivity contribution in [3.63, 3.8) is 0 Å². The molecule has 144 valence electrons. The summed E-state index contributed by atoms with van der Waals surface area (Å²) < 4.78 is 26.8. The zero-order valence-corrected chi connectivity index (χ0v) is 17.4. The van der Waals surface area contributed by atoms with E-state index in [2.05, 4.69) is 27.9 Å². The number of hydrogen-bond donors (Lipinski definition) is 1. The predicted octanol–water partition coefficient (Wildman–Crippen LogP) is 4.06. The van der Waals surface area contributed by atoms with Crippen molar-refractivity contribution in [1.82, 2.24) is 0 Å². The van der Waals surface area contributed by atoms with Gasteiger partial charge in [-0.15, -0.1) is 0 Å². The van der Waals surface area contributed by atoms with Crippen molar-refractivity contribution in [2.75, 3.05) is 29.9 Å². The predicted molar refractivity (Wildman–Crippen MR) is 112 cm³/mol. The van der Waals surface area contributed by atoms with E-state index in [9.17, 15) is 9.18 Å². The third-order valence-electron chi connectivity index (χ3n) is 4.18. The van der Waals surface area contributed by atoms with E-state index in [0.29, 0.717) is 30.2 Å². The lowest BCUT2D eigenvalue weighted by molar-refractivity contribution is -0.118. The summed E-state index contributed by atoms with van der Waals surface area (Å²) in [4.78, 5) is 14.0.